The zero-order valence-corrected chi connectivity index (χ0v) is 19.1. The van der Waals surface area contributed by atoms with Gasteiger partial charge in [-0.1, -0.05) is 75.8 Å². The van der Waals surface area contributed by atoms with Gasteiger partial charge in [0.05, 0.1) is 12.2 Å². The minimum atomic E-state index is -0.210. The fraction of sp³-hybridized carbons (Fsp3) is 0.321. The second kappa shape index (κ2) is 10.6. The van der Waals surface area contributed by atoms with E-state index < -0.39 is 0 Å². The summed E-state index contributed by atoms with van der Waals surface area (Å²) in [4.78, 5) is 14.0. The van der Waals surface area contributed by atoms with Crippen molar-refractivity contribution in [3.63, 3.8) is 0 Å². The van der Waals surface area contributed by atoms with Crippen LogP contribution in [0.15, 0.2) is 72.8 Å². The molecular weight excluding hydrogens is 400 g/mol. The molecule has 0 N–H and O–H groups in total. The Morgan fingerprint density at radius 3 is 2.23 bits per heavy atom. The second-order valence-corrected chi connectivity index (χ2v) is 10.0. The Morgan fingerprint density at radius 1 is 0.742 bits per heavy atom. The first-order valence-corrected chi connectivity index (χ1v) is 12.7. The van der Waals surface area contributed by atoms with Crippen molar-refractivity contribution in [2.45, 2.75) is 51.9 Å². The zero-order valence-electron chi connectivity index (χ0n) is 18.3. The number of hydrogen-bond acceptors (Lipinski definition) is 2. The van der Waals surface area contributed by atoms with E-state index in [0.717, 1.165) is 18.2 Å². The average Bonchev–Trinajstić information content (AvgIpc) is 3.15. The van der Waals surface area contributed by atoms with Gasteiger partial charge >= 0.3 is 5.97 Å². The van der Waals surface area contributed by atoms with Gasteiger partial charge in [0.15, 0.2) is 14.3 Å². The first-order valence-electron chi connectivity index (χ1n) is 11.5. The lowest BCUT2D eigenvalue weighted by Gasteiger charge is -2.05. The Labute approximate surface area is 187 Å². The molecule has 0 saturated heterocycles. The van der Waals surface area contributed by atoms with E-state index in [9.17, 15) is 4.79 Å². The maximum Gasteiger partial charge on any atom is 0.338 e. The highest BCUT2D eigenvalue weighted by molar-refractivity contribution is 7.50. The summed E-state index contributed by atoms with van der Waals surface area (Å²) in [5.74, 6) is -0.210. The van der Waals surface area contributed by atoms with Crippen LogP contribution in [0.2, 0.25) is 0 Å². The van der Waals surface area contributed by atoms with E-state index in [-0.39, 0.29) is 16.4 Å². The maximum atomic E-state index is 12.7. The van der Waals surface area contributed by atoms with Gasteiger partial charge < -0.3 is 4.74 Å². The van der Waals surface area contributed by atoms with Gasteiger partial charge in [0.2, 0.25) is 0 Å². The van der Waals surface area contributed by atoms with Crippen molar-refractivity contribution in [1.29, 1.82) is 0 Å². The van der Waals surface area contributed by atoms with Gasteiger partial charge in [0, 0.05) is 21.2 Å². The predicted octanol–water partition coefficient (Wildman–Crippen LogP) is 8.64. The molecule has 2 nitrogen and oxygen atoms in total. The number of ether oxygens (including phenoxy) is 1. The topological polar surface area (TPSA) is 26.3 Å². The molecule has 3 heteroatoms. The van der Waals surface area contributed by atoms with Gasteiger partial charge in [-0.2, -0.15) is 0 Å². The number of esters is 1. The zero-order chi connectivity index (χ0) is 21.5. The van der Waals surface area contributed by atoms with E-state index in [4.69, 9.17) is 4.74 Å². The van der Waals surface area contributed by atoms with E-state index in [1.165, 1.54) is 51.8 Å². The summed E-state index contributed by atoms with van der Waals surface area (Å²) < 4.78 is 8.20. The monoisotopic (exact) mass is 431 g/mol. The molecular formula is C28H31O2S+. The predicted molar refractivity (Wildman–Crippen MR) is 134 cm³/mol. The molecule has 3 aromatic carbocycles. The van der Waals surface area contributed by atoms with Crippen LogP contribution in [0, 0.1) is 0 Å². The fourth-order valence-electron chi connectivity index (χ4n) is 4.15. The highest BCUT2D eigenvalue weighted by atomic mass is 32.2. The number of rotatable bonds is 10. The molecule has 160 valence electrons. The first-order chi connectivity index (χ1) is 15.3. The molecule has 1 unspecified atom stereocenters. The fourth-order valence-corrected chi connectivity index (χ4v) is 6.53. The van der Waals surface area contributed by atoms with E-state index in [0.29, 0.717) is 12.2 Å². The Balaban J connectivity index is 1.50. The smallest absolute Gasteiger partial charge is 0.338 e. The number of fused-ring (bicyclic) bond motifs is 3. The molecule has 0 aliphatic rings. The summed E-state index contributed by atoms with van der Waals surface area (Å²) >= 11 is 0. The molecule has 0 aliphatic heterocycles. The number of hydrogen-bond donors (Lipinski definition) is 0. The van der Waals surface area contributed by atoms with Gasteiger partial charge in [-0.25, -0.2) is 4.79 Å². The molecule has 0 fully saturated rings. The van der Waals surface area contributed by atoms with E-state index in [1.807, 2.05) is 12.1 Å². The maximum absolute atomic E-state index is 12.7. The molecule has 0 saturated carbocycles. The summed E-state index contributed by atoms with van der Waals surface area (Å²) in [7, 11) is -0.126. The van der Waals surface area contributed by atoms with Crippen LogP contribution in [0.1, 0.15) is 62.2 Å². The van der Waals surface area contributed by atoms with Crippen LogP contribution in [0.4, 0.5) is 0 Å². The largest absolute Gasteiger partial charge is 0.462 e. The standard InChI is InChI=1S/C28H31O2S/c1-2-3-4-5-6-7-13-20-30-28(29)22-18-19-27-25(21-22)24-16-11-12-17-26(24)31(27)23-14-9-8-10-15-23/h8-12,14-19,21H,2-7,13,20H2,1H3/q+1. The van der Waals surface area contributed by atoms with Crippen molar-refractivity contribution in [2.24, 2.45) is 0 Å². The minimum absolute atomic E-state index is 0.126. The third-order valence-electron chi connectivity index (χ3n) is 5.79. The third-order valence-corrected chi connectivity index (χ3v) is 8.13. The number of unbranched alkanes of at least 4 members (excludes halogenated alkanes) is 6. The van der Waals surface area contributed by atoms with Crippen molar-refractivity contribution in [1.82, 2.24) is 0 Å². The molecule has 0 bridgehead atoms. The lowest BCUT2D eigenvalue weighted by atomic mass is 10.1. The lowest BCUT2D eigenvalue weighted by Crippen LogP contribution is -2.06. The summed E-state index contributed by atoms with van der Waals surface area (Å²) in [5.41, 5.74) is 0.648. The summed E-state index contributed by atoms with van der Waals surface area (Å²) in [5, 5.41) is 2.39. The van der Waals surface area contributed by atoms with Crippen LogP contribution in [0.25, 0.3) is 25.1 Å². The number of carbonyl (C=O) groups is 1. The molecule has 1 aromatic heterocycles. The Kier molecular flexibility index (Phi) is 7.37. The lowest BCUT2D eigenvalue weighted by molar-refractivity contribution is 0.0498. The van der Waals surface area contributed by atoms with Crippen LogP contribution in [-0.2, 0) is 4.74 Å². The molecule has 0 radical (unpaired) electrons. The Morgan fingerprint density at radius 2 is 1.42 bits per heavy atom. The summed E-state index contributed by atoms with van der Waals surface area (Å²) in [6, 6.07) is 25.3. The van der Waals surface area contributed by atoms with Gasteiger partial charge in [-0.15, -0.1) is 0 Å². The molecule has 1 heterocycles. The van der Waals surface area contributed by atoms with Crippen molar-refractivity contribution in [2.75, 3.05) is 6.61 Å². The van der Waals surface area contributed by atoms with Crippen LogP contribution < -0.4 is 0 Å². The highest BCUT2D eigenvalue weighted by Gasteiger charge is 2.24. The van der Waals surface area contributed by atoms with E-state index >= 15 is 0 Å². The van der Waals surface area contributed by atoms with Gasteiger partial charge in [-0.05, 0) is 48.9 Å². The first kappa shape index (κ1) is 21.6. The number of benzene rings is 3. The number of carbonyl (C=O) groups excluding carboxylic acids is 1. The summed E-state index contributed by atoms with van der Waals surface area (Å²) in [6.45, 7) is 2.74. The molecule has 0 spiro atoms. The van der Waals surface area contributed by atoms with Crippen LogP contribution in [-0.4, -0.2) is 12.6 Å². The molecule has 31 heavy (non-hydrogen) atoms. The molecule has 4 aromatic rings. The third kappa shape index (κ3) is 4.99. The average molecular weight is 432 g/mol. The van der Waals surface area contributed by atoms with Crippen LogP contribution in [0.5, 0.6) is 0 Å². The molecule has 0 aliphatic carbocycles. The Bertz CT molecular complexity index is 1140. The number of thiophene rings is 1. The second-order valence-electron chi connectivity index (χ2n) is 8.08. The van der Waals surface area contributed by atoms with Gasteiger partial charge in [-0.3, -0.25) is 0 Å². The Hall–Kier alpha value is -2.65. The van der Waals surface area contributed by atoms with Crippen LogP contribution in [0.3, 0.4) is 0 Å². The van der Waals surface area contributed by atoms with Crippen molar-refractivity contribution in [3.8, 4) is 4.90 Å². The quantitative estimate of drug-likeness (QED) is 0.143. The van der Waals surface area contributed by atoms with E-state index in [1.54, 1.807) is 0 Å². The van der Waals surface area contributed by atoms with Crippen molar-refractivity contribution < 1.29 is 9.53 Å². The van der Waals surface area contributed by atoms with Crippen molar-refractivity contribution in [3.05, 3.63) is 78.4 Å². The van der Waals surface area contributed by atoms with Crippen LogP contribution >= 0.6 is 10.5 Å². The van der Waals surface area contributed by atoms with Crippen molar-refractivity contribution >= 4 is 36.6 Å². The normalized spacial score (nSPS) is 11.8. The van der Waals surface area contributed by atoms with Gasteiger partial charge in [0.25, 0.3) is 0 Å². The summed E-state index contributed by atoms with van der Waals surface area (Å²) in [6.07, 6.45) is 8.51. The minimum Gasteiger partial charge on any atom is -0.462 e. The van der Waals surface area contributed by atoms with Gasteiger partial charge in [0.1, 0.15) is 0 Å². The molecule has 4 rings (SSSR count). The SMILES string of the molecule is CCCCCCCCCOC(=O)c1ccc2c(c1)c1ccccc1[s+]2-c1ccccc1. The molecule has 0 amide bonds. The highest BCUT2D eigenvalue weighted by Crippen LogP contribution is 2.48. The van der Waals surface area contributed by atoms with E-state index in [2.05, 4.69) is 67.6 Å². The molecule has 1 atom stereocenters.